The van der Waals surface area contributed by atoms with E-state index in [1.54, 1.807) is 18.2 Å². The molecule has 2 rings (SSSR count). The summed E-state index contributed by atoms with van der Waals surface area (Å²) in [5.74, 6) is -1.59. The van der Waals surface area contributed by atoms with Crippen LogP contribution in [-0.4, -0.2) is 23.0 Å². The normalized spacial score (nSPS) is 22.0. The van der Waals surface area contributed by atoms with Gasteiger partial charge in [0.25, 0.3) is 0 Å². The van der Waals surface area contributed by atoms with Gasteiger partial charge in [0.05, 0.1) is 5.92 Å². The molecular weight excluding hydrogens is 256 g/mol. The number of anilines is 1. The number of nitrogens with one attached hydrogen (secondary N) is 1. The lowest BCUT2D eigenvalue weighted by Crippen LogP contribution is -2.39. The summed E-state index contributed by atoms with van der Waals surface area (Å²) >= 11 is 0. The third-order valence-electron chi connectivity index (χ3n) is 3.50. The van der Waals surface area contributed by atoms with E-state index in [1.165, 1.54) is 6.08 Å². The highest BCUT2D eigenvalue weighted by Gasteiger charge is 2.33. The Morgan fingerprint density at radius 1 is 1.35 bits per heavy atom. The Hall–Kier alpha value is -2.30. The summed E-state index contributed by atoms with van der Waals surface area (Å²) in [6.45, 7) is 0. The molecule has 1 amide bonds. The number of carbonyl (C=O) groups is 2. The molecule has 0 radical (unpaired) electrons. The zero-order valence-electron chi connectivity index (χ0n) is 11.1. The van der Waals surface area contributed by atoms with Gasteiger partial charge >= 0.3 is 5.97 Å². The standard InChI is InChI=1S/C15H18N2O3/c16-11-4-1-3-10(9-11)7-8-14(18)17-13-6-2-5-12(13)15(19)20/h1,3-4,7-9,12-13H,2,5-6,16H2,(H,17,18)(H,19,20)/b8-7+. The van der Waals surface area contributed by atoms with Crippen molar-refractivity contribution in [1.82, 2.24) is 5.32 Å². The molecule has 0 bridgehead atoms. The number of benzene rings is 1. The molecule has 0 heterocycles. The van der Waals surface area contributed by atoms with E-state index in [4.69, 9.17) is 10.8 Å². The van der Waals surface area contributed by atoms with Crippen molar-refractivity contribution in [2.75, 3.05) is 5.73 Å². The molecule has 2 atom stereocenters. The van der Waals surface area contributed by atoms with Crippen LogP contribution in [0, 0.1) is 5.92 Å². The van der Waals surface area contributed by atoms with Crippen molar-refractivity contribution in [3.8, 4) is 0 Å². The van der Waals surface area contributed by atoms with Crippen LogP contribution in [0.2, 0.25) is 0 Å². The molecule has 1 aliphatic rings. The van der Waals surface area contributed by atoms with Crippen LogP contribution < -0.4 is 11.1 Å². The number of hydrogen-bond acceptors (Lipinski definition) is 3. The Morgan fingerprint density at radius 2 is 2.15 bits per heavy atom. The molecule has 1 aromatic rings. The molecule has 20 heavy (non-hydrogen) atoms. The van der Waals surface area contributed by atoms with Crippen molar-refractivity contribution in [2.45, 2.75) is 25.3 Å². The van der Waals surface area contributed by atoms with E-state index < -0.39 is 11.9 Å². The summed E-state index contributed by atoms with van der Waals surface area (Å²) in [4.78, 5) is 22.8. The van der Waals surface area contributed by atoms with E-state index in [0.29, 0.717) is 12.1 Å². The van der Waals surface area contributed by atoms with Gasteiger partial charge in [-0.05, 0) is 36.6 Å². The number of nitrogen functional groups attached to an aromatic ring is 1. The van der Waals surface area contributed by atoms with E-state index in [-0.39, 0.29) is 11.9 Å². The minimum absolute atomic E-state index is 0.273. The molecule has 0 saturated heterocycles. The van der Waals surface area contributed by atoms with E-state index in [1.807, 2.05) is 12.1 Å². The second-order valence-electron chi connectivity index (χ2n) is 4.99. The number of hydrogen-bond donors (Lipinski definition) is 3. The quantitative estimate of drug-likeness (QED) is 0.575. The van der Waals surface area contributed by atoms with E-state index in [9.17, 15) is 9.59 Å². The zero-order valence-corrected chi connectivity index (χ0v) is 11.1. The number of nitrogens with two attached hydrogens (primary N) is 1. The summed E-state index contributed by atoms with van der Waals surface area (Å²) < 4.78 is 0. The van der Waals surface area contributed by atoms with Gasteiger partial charge in [0.2, 0.25) is 5.91 Å². The van der Waals surface area contributed by atoms with Crippen LogP contribution in [0.25, 0.3) is 6.08 Å². The molecule has 0 aliphatic heterocycles. The fourth-order valence-electron chi connectivity index (χ4n) is 2.49. The average molecular weight is 274 g/mol. The topological polar surface area (TPSA) is 92.4 Å². The molecule has 0 aromatic heterocycles. The summed E-state index contributed by atoms with van der Waals surface area (Å²) in [6.07, 6.45) is 5.25. The minimum Gasteiger partial charge on any atom is -0.481 e. The van der Waals surface area contributed by atoms with Crippen LogP contribution in [0.1, 0.15) is 24.8 Å². The molecule has 5 nitrogen and oxygen atoms in total. The Bertz CT molecular complexity index is 540. The molecule has 0 spiro atoms. The Kier molecular flexibility index (Phi) is 4.40. The van der Waals surface area contributed by atoms with Crippen molar-refractivity contribution >= 4 is 23.6 Å². The monoisotopic (exact) mass is 274 g/mol. The predicted molar refractivity (Wildman–Crippen MR) is 76.8 cm³/mol. The highest BCUT2D eigenvalue weighted by Crippen LogP contribution is 2.25. The number of aliphatic carboxylic acids is 1. The predicted octanol–water partition coefficient (Wildman–Crippen LogP) is 1.65. The largest absolute Gasteiger partial charge is 0.481 e. The second-order valence-corrected chi connectivity index (χ2v) is 4.99. The Labute approximate surface area is 117 Å². The van der Waals surface area contributed by atoms with Gasteiger partial charge in [-0.3, -0.25) is 9.59 Å². The van der Waals surface area contributed by atoms with Gasteiger partial charge in [0, 0.05) is 17.8 Å². The number of carboxylic acids is 1. The SMILES string of the molecule is Nc1cccc(/C=C/C(=O)NC2CCCC2C(=O)O)c1. The molecule has 1 saturated carbocycles. The van der Waals surface area contributed by atoms with Crippen molar-refractivity contribution in [1.29, 1.82) is 0 Å². The fraction of sp³-hybridized carbons (Fsp3) is 0.333. The highest BCUT2D eigenvalue weighted by molar-refractivity contribution is 5.92. The summed E-state index contributed by atoms with van der Waals surface area (Å²) in [6, 6.07) is 6.91. The van der Waals surface area contributed by atoms with Gasteiger partial charge in [-0.25, -0.2) is 0 Å². The van der Waals surface area contributed by atoms with E-state index >= 15 is 0 Å². The first kappa shape index (κ1) is 14.1. The maximum absolute atomic E-state index is 11.8. The smallest absolute Gasteiger partial charge is 0.308 e. The van der Waals surface area contributed by atoms with Gasteiger partial charge in [-0.1, -0.05) is 18.6 Å². The molecule has 2 unspecified atom stereocenters. The number of amides is 1. The van der Waals surface area contributed by atoms with Gasteiger partial charge in [-0.15, -0.1) is 0 Å². The third kappa shape index (κ3) is 3.60. The lowest BCUT2D eigenvalue weighted by molar-refractivity contribution is -0.142. The molecule has 5 heteroatoms. The lowest BCUT2D eigenvalue weighted by Gasteiger charge is -2.16. The van der Waals surface area contributed by atoms with E-state index in [2.05, 4.69) is 5.32 Å². The maximum Gasteiger partial charge on any atom is 0.308 e. The molecule has 1 aliphatic carbocycles. The summed E-state index contributed by atoms with van der Waals surface area (Å²) in [7, 11) is 0. The van der Waals surface area contributed by atoms with Gasteiger partial charge in [-0.2, -0.15) is 0 Å². The van der Waals surface area contributed by atoms with Gasteiger partial charge in [0.1, 0.15) is 0 Å². The van der Waals surface area contributed by atoms with Gasteiger partial charge < -0.3 is 16.2 Å². The average Bonchev–Trinajstić information content (AvgIpc) is 2.85. The summed E-state index contributed by atoms with van der Waals surface area (Å²) in [5, 5.41) is 11.8. The number of rotatable bonds is 4. The van der Waals surface area contributed by atoms with Crippen LogP contribution in [0.3, 0.4) is 0 Å². The van der Waals surface area contributed by atoms with Crippen molar-refractivity contribution in [2.24, 2.45) is 5.92 Å². The first-order valence-corrected chi connectivity index (χ1v) is 6.63. The Balaban J connectivity index is 1.94. The van der Waals surface area contributed by atoms with Crippen LogP contribution in [0.4, 0.5) is 5.69 Å². The minimum atomic E-state index is -0.840. The molecule has 4 N–H and O–H groups in total. The lowest BCUT2D eigenvalue weighted by atomic mass is 10.0. The zero-order chi connectivity index (χ0) is 14.5. The van der Waals surface area contributed by atoms with Gasteiger partial charge in [0.15, 0.2) is 0 Å². The first-order chi connectivity index (χ1) is 9.56. The van der Waals surface area contributed by atoms with Crippen LogP contribution in [-0.2, 0) is 9.59 Å². The molecule has 106 valence electrons. The second kappa shape index (κ2) is 6.23. The first-order valence-electron chi connectivity index (χ1n) is 6.63. The maximum atomic E-state index is 11.8. The van der Waals surface area contributed by atoms with E-state index in [0.717, 1.165) is 18.4 Å². The molecule has 1 aromatic carbocycles. The molecule has 1 fully saturated rings. The summed E-state index contributed by atoms with van der Waals surface area (Å²) in [5.41, 5.74) is 7.12. The van der Waals surface area contributed by atoms with Crippen molar-refractivity contribution < 1.29 is 14.7 Å². The van der Waals surface area contributed by atoms with Crippen LogP contribution in [0.5, 0.6) is 0 Å². The van der Waals surface area contributed by atoms with Crippen LogP contribution in [0.15, 0.2) is 30.3 Å². The van der Waals surface area contributed by atoms with Crippen LogP contribution >= 0.6 is 0 Å². The fourth-order valence-corrected chi connectivity index (χ4v) is 2.49. The number of carbonyl (C=O) groups excluding carboxylic acids is 1. The van der Waals surface area contributed by atoms with Crippen molar-refractivity contribution in [3.05, 3.63) is 35.9 Å². The third-order valence-corrected chi connectivity index (χ3v) is 3.50. The van der Waals surface area contributed by atoms with Crippen molar-refractivity contribution in [3.63, 3.8) is 0 Å². The Morgan fingerprint density at radius 3 is 2.85 bits per heavy atom. The molecular formula is C15H18N2O3. The number of carboxylic acid groups (broad SMARTS) is 1. The highest BCUT2D eigenvalue weighted by atomic mass is 16.4.